The van der Waals surface area contributed by atoms with Gasteiger partial charge in [-0.05, 0) is 24.3 Å². The van der Waals surface area contributed by atoms with Crippen molar-refractivity contribution in [2.45, 2.75) is 11.4 Å². The van der Waals surface area contributed by atoms with Crippen LogP contribution in [0.4, 0.5) is 9.18 Å². The maximum absolute atomic E-state index is 15.3. The van der Waals surface area contributed by atoms with Gasteiger partial charge in [0.1, 0.15) is 22.4 Å². The summed E-state index contributed by atoms with van der Waals surface area (Å²) in [6.45, 7) is -0.397. The van der Waals surface area contributed by atoms with Crippen molar-refractivity contribution >= 4 is 16.1 Å². The monoisotopic (exact) mass is 415 g/mol. The standard InChI is InChI=1S/C18H14FN5O4S/c1-23(18(25)26)10-12-11-24(29(27,28)13-4-2-6-21-9-13)17(16(12)19)14-5-3-7-22-15(14)8-20/h2-7,9,11H,10H2,1H3,(H,25,26). The van der Waals surface area contributed by atoms with Crippen molar-refractivity contribution < 1.29 is 22.7 Å². The molecule has 3 rings (SSSR count). The van der Waals surface area contributed by atoms with Crippen molar-refractivity contribution in [2.24, 2.45) is 0 Å². The molecule has 3 heterocycles. The highest BCUT2D eigenvalue weighted by molar-refractivity contribution is 7.90. The minimum atomic E-state index is -4.29. The van der Waals surface area contributed by atoms with Gasteiger partial charge in [0.2, 0.25) is 0 Å². The van der Waals surface area contributed by atoms with E-state index in [4.69, 9.17) is 5.11 Å². The van der Waals surface area contributed by atoms with E-state index >= 15 is 4.39 Å². The number of halogens is 1. The highest BCUT2D eigenvalue weighted by atomic mass is 32.2. The lowest BCUT2D eigenvalue weighted by molar-refractivity contribution is 0.153. The molecule has 0 aliphatic heterocycles. The molecule has 148 valence electrons. The lowest BCUT2D eigenvalue weighted by Gasteiger charge is -2.11. The van der Waals surface area contributed by atoms with E-state index in [1.165, 1.54) is 43.7 Å². The van der Waals surface area contributed by atoms with E-state index in [9.17, 15) is 18.5 Å². The minimum Gasteiger partial charge on any atom is -0.465 e. The topological polar surface area (TPSA) is 129 Å². The SMILES string of the molecule is CN(Cc1cn(S(=O)(=O)c2cccnc2)c(-c2cccnc2C#N)c1F)C(=O)O. The van der Waals surface area contributed by atoms with Gasteiger partial charge in [-0.25, -0.2) is 26.6 Å². The number of nitrogens with zero attached hydrogens (tertiary/aromatic N) is 5. The zero-order chi connectivity index (χ0) is 21.2. The van der Waals surface area contributed by atoms with Crippen LogP contribution in [0.1, 0.15) is 11.3 Å². The molecule has 3 aromatic rings. The normalized spacial score (nSPS) is 11.1. The molecule has 0 fully saturated rings. The maximum atomic E-state index is 15.3. The average Bonchev–Trinajstić information content (AvgIpc) is 3.05. The molecule has 0 atom stereocenters. The quantitative estimate of drug-likeness (QED) is 0.677. The Labute approximate surface area is 165 Å². The van der Waals surface area contributed by atoms with Crippen molar-refractivity contribution in [1.82, 2.24) is 18.8 Å². The van der Waals surface area contributed by atoms with E-state index in [1.807, 2.05) is 0 Å². The van der Waals surface area contributed by atoms with Crippen LogP contribution < -0.4 is 0 Å². The van der Waals surface area contributed by atoms with Crippen LogP contribution in [0.3, 0.4) is 0 Å². The Morgan fingerprint density at radius 2 is 2.07 bits per heavy atom. The van der Waals surface area contributed by atoms with Crippen LogP contribution in [0.25, 0.3) is 11.3 Å². The number of pyridine rings is 2. The fourth-order valence-electron chi connectivity index (χ4n) is 2.67. The molecule has 0 aromatic carbocycles. The minimum absolute atomic E-state index is 0.0378. The number of carbonyl (C=O) groups is 1. The zero-order valence-electron chi connectivity index (χ0n) is 15.0. The second kappa shape index (κ2) is 7.69. The molecule has 0 radical (unpaired) electrons. The van der Waals surface area contributed by atoms with Crippen molar-refractivity contribution in [2.75, 3.05) is 7.05 Å². The molecule has 9 nitrogen and oxygen atoms in total. The number of hydrogen-bond acceptors (Lipinski definition) is 6. The Morgan fingerprint density at radius 3 is 2.69 bits per heavy atom. The van der Waals surface area contributed by atoms with Gasteiger partial charge >= 0.3 is 6.09 Å². The number of aromatic nitrogens is 3. The third-order valence-electron chi connectivity index (χ3n) is 4.08. The number of rotatable bonds is 5. The molecule has 1 N–H and O–H groups in total. The molecule has 29 heavy (non-hydrogen) atoms. The predicted octanol–water partition coefficient (Wildman–Crippen LogP) is 2.30. The molecule has 0 bridgehead atoms. The summed E-state index contributed by atoms with van der Waals surface area (Å²) < 4.78 is 42.3. The van der Waals surface area contributed by atoms with Crippen LogP contribution in [0.2, 0.25) is 0 Å². The van der Waals surface area contributed by atoms with Crippen molar-refractivity contribution in [3.63, 3.8) is 0 Å². The second-order valence-electron chi connectivity index (χ2n) is 5.96. The summed E-state index contributed by atoms with van der Waals surface area (Å²) in [5.41, 5.74) is -0.799. The Balaban J connectivity index is 2.30. The number of carboxylic acid groups (broad SMARTS) is 1. The van der Waals surface area contributed by atoms with Gasteiger partial charge in [-0.1, -0.05) is 0 Å². The fourth-order valence-corrected chi connectivity index (χ4v) is 4.03. The molecule has 3 aromatic heterocycles. The van der Waals surface area contributed by atoms with Gasteiger partial charge in [0.25, 0.3) is 10.0 Å². The van der Waals surface area contributed by atoms with E-state index in [0.717, 1.165) is 17.3 Å². The molecule has 0 saturated carbocycles. The molecule has 0 aliphatic rings. The Bertz CT molecular complexity index is 1220. The first-order valence-corrected chi connectivity index (χ1v) is 9.56. The first-order valence-electron chi connectivity index (χ1n) is 8.12. The second-order valence-corrected chi connectivity index (χ2v) is 7.77. The van der Waals surface area contributed by atoms with E-state index in [2.05, 4.69) is 9.97 Å². The van der Waals surface area contributed by atoms with Gasteiger partial charge in [-0.15, -0.1) is 0 Å². The molecule has 11 heteroatoms. The van der Waals surface area contributed by atoms with Crippen LogP contribution in [0.5, 0.6) is 0 Å². The first kappa shape index (κ1) is 20.0. The maximum Gasteiger partial charge on any atom is 0.407 e. The van der Waals surface area contributed by atoms with E-state index < -0.39 is 34.2 Å². The van der Waals surface area contributed by atoms with Gasteiger partial charge < -0.3 is 10.0 Å². The lowest BCUT2D eigenvalue weighted by Crippen LogP contribution is -2.24. The summed E-state index contributed by atoms with van der Waals surface area (Å²) >= 11 is 0. The molecular weight excluding hydrogens is 401 g/mol. The summed E-state index contributed by atoms with van der Waals surface area (Å²) in [4.78, 5) is 19.4. The smallest absolute Gasteiger partial charge is 0.407 e. The first-order chi connectivity index (χ1) is 13.8. The molecular formula is C18H14FN5O4S. The summed E-state index contributed by atoms with van der Waals surface area (Å²) in [6.07, 6.45) is 3.50. The summed E-state index contributed by atoms with van der Waals surface area (Å²) in [7, 11) is -3.07. The largest absolute Gasteiger partial charge is 0.465 e. The summed E-state index contributed by atoms with van der Waals surface area (Å²) in [5, 5.41) is 18.4. The summed E-state index contributed by atoms with van der Waals surface area (Å²) in [5.74, 6) is -0.963. The molecule has 0 saturated heterocycles. The zero-order valence-corrected chi connectivity index (χ0v) is 15.8. The van der Waals surface area contributed by atoms with Gasteiger partial charge in [0.05, 0.1) is 6.54 Å². The van der Waals surface area contributed by atoms with Gasteiger partial charge in [0.15, 0.2) is 5.82 Å². The van der Waals surface area contributed by atoms with Crippen molar-refractivity contribution in [3.05, 3.63) is 66.1 Å². The van der Waals surface area contributed by atoms with Crippen LogP contribution in [0.15, 0.2) is 53.9 Å². The number of amides is 1. The number of nitriles is 1. The fraction of sp³-hybridized carbons (Fsp3) is 0.111. The third-order valence-corrected chi connectivity index (χ3v) is 5.72. The van der Waals surface area contributed by atoms with Crippen LogP contribution in [-0.2, 0) is 16.6 Å². The van der Waals surface area contributed by atoms with Gasteiger partial charge in [0, 0.05) is 43.0 Å². The molecule has 0 aliphatic carbocycles. The Morgan fingerprint density at radius 1 is 1.34 bits per heavy atom. The van der Waals surface area contributed by atoms with Crippen molar-refractivity contribution in [3.8, 4) is 17.3 Å². The highest BCUT2D eigenvalue weighted by Crippen LogP contribution is 2.32. The summed E-state index contributed by atoms with van der Waals surface area (Å²) in [6, 6.07) is 7.31. The third kappa shape index (κ3) is 3.65. The lowest BCUT2D eigenvalue weighted by atomic mass is 10.1. The van der Waals surface area contributed by atoms with Crippen LogP contribution in [-0.4, -0.2) is 45.5 Å². The van der Waals surface area contributed by atoms with E-state index in [1.54, 1.807) is 6.07 Å². The predicted molar refractivity (Wildman–Crippen MR) is 98.6 cm³/mol. The number of hydrogen-bond donors (Lipinski definition) is 1. The molecule has 0 spiro atoms. The van der Waals surface area contributed by atoms with E-state index in [0.29, 0.717) is 3.97 Å². The molecule has 1 amide bonds. The van der Waals surface area contributed by atoms with E-state index in [-0.39, 0.29) is 21.7 Å². The van der Waals surface area contributed by atoms with Crippen LogP contribution >= 0.6 is 0 Å². The highest BCUT2D eigenvalue weighted by Gasteiger charge is 2.29. The van der Waals surface area contributed by atoms with Gasteiger partial charge in [-0.2, -0.15) is 5.26 Å². The molecule has 0 unspecified atom stereocenters. The van der Waals surface area contributed by atoms with Crippen LogP contribution in [0, 0.1) is 17.1 Å². The van der Waals surface area contributed by atoms with Crippen molar-refractivity contribution in [1.29, 1.82) is 5.26 Å². The Kier molecular flexibility index (Phi) is 5.29. The Hall–Kier alpha value is -3.78. The van der Waals surface area contributed by atoms with Gasteiger partial charge in [-0.3, -0.25) is 4.98 Å². The average molecular weight is 415 g/mol.